The number of hydrogen-bond donors (Lipinski definition) is 1. The second-order valence-corrected chi connectivity index (χ2v) is 5.23. The highest BCUT2D eigenvalue weighted by atomic mass is 35.5. The lowest BCUT2D eigenvalue weighted by Gasteiger charge is -2.06. The molecule has 0 atom stereocenters. The molecular formula is C13H7Cl2FN2S. The number of aromatic nitrogens is 2. The Hall–Kier alpha value is -1.36. The van der Waals surface area contributed by atoms with Crippen LogP contribution < -0.4 is 0 Å². The fraction of sp³-hybridized carbons (Fsp3) is 0. The van der Waals surface area contributed by atoms with Crippen molar-refractivity contribution in [3.05, 3.63) is 57.0 Å². The van der Waals surface area contributed by atoms with Gasteiger partial charge < -0.3 is 4.98 Å². The Kier molecular flexibility index (Phi) is 3.09. The fourth-order valence-corrected chi connectivity index (χ4v) is 2.57. The molecule has 1 N–H and O–H groups in total. The predicted molar refractivity (Wildman–Crippen MR) is 78.4 cm³/mol. The summed E-state index contributed by atoms with van der Waals surface area (Å²) in [6.45, 7) is 0. The summed E-state index contributed by atoms with van der Waals surface area (Å²) in [5.41, 5.74) is 2.19. The van der Waals surface area contributed by atoms with Gasteiger partial charge in [0, 0.05) is 0 Å². The molecule has 2 aromatic carbocycles. The molecule has 0 amide bonds. The first-order valence-electron chi connectivity index (χ1n) is 5.42. The molecule has 0 fully saturated rings. The van der Waals surface area contributed by atoms with Gasteiger partial charge in [-0.25, -0.2) is 4.39 Å². The molecule has 3 aromatic rings. The van der Waals surface area contributed by atoms with E-state index in [-0.39, 0.29) is 5.82 Å². The predicted octanol–water partition coefficient (Wildman–Crippen LogP) is 5.13. The molecule has 0 unspecified atom stereocenters. The third-order valence-electron chi connectivity index (χ3n) is 2.81. The van der Waals surface area contributed by atoms with Crippen molar-refractivity contribution in [2.45, 2.75) is 0 Å². The number of halogens is 3. The number of hydrogen-bond acceptors (Lipinski definition) is 1. The second-order valence-electron chi connectivity index (χ2n) is 4.03. The van der Waals surface area contributed by atoms with Gasteiger partial charge in [0.1, 0.15) is 5.82 Å². The molecular weight excluding hydrogens is 306 g/mol. The van der Waals surface area contributed by atoms with E-state index in [1.54, 1.807) is 28.8 Å². The largest absolute Gasteiger partial charge is 0.330 e. The zero-order valence-corrected chi connectivity index (χ0v) is 11.8. The van der Waals surface area contributed by atoms with Crippen LogP contribution in [0.15, 0.2) is 36.4 Å². The van der Waals surface area contributed by atoms with E-state index in [1.165, 1.54) is 12.1 Å². The first kappa shape index (κ1) is 12.7. The third kappa shape index (κ3) is 2.16. The average molecular weight is 313 g/mol. The quantitative estimate of drug-likeness (QED) is 0.617. The lowest BCUT2D eigenvalue weighted by molar-refractivity contribution is 0.629. The summed E-state index contributed by atoms with van der Waals surface area (Å²) in [5, 5.41) is 0.917. The summed E-state index contributed by atoms with van der Waals surface area (Å²) in [6.07, 6.45) is 0. The standard InChI is InChI=1S/C13H7Cl2FN2S/c14-9-3-2-8(6-10(9)15)18-12-4-1-7(16)5-11(12)17-13(18)19/h1-6H,(H,17,19). The normalized spacial score (nSPS) is 11.1. The summed E-state index contributed by atoms with van der Waals surface area (Å²) >= 11 is 17.2. The van der Waals surface area contributed by atoms with Gasteiger partial charge in [-0.1, -0.05) is 23.2 Å². The Morgan fingerprint density at radius 2 is 1.84 bits per heavy atom. The number of benzene rings is 2. The van der Waals surface area contributed by atoms with Crippen LogP contribution in [0.25, 0.3) is 16.7 Å². The highest BCUT2D eigenvalue weighted by Crippen LogP contribution is 2.27. The maximum atomic E-state index is 13.2. The van der Waals surface area contributed by atoms with Gasteiger partial charge in [0.15, 0.2) is 4.77 Å². The number of fused-ring (bicyclic) bond motifs is 1. The monoisotopic (exact) mass is 312 g/mol. The molecule has 1 heterocycles. The minimum absolute atomic E-state index is 0.315. The molecule has 2 nitrogen and oxygen atoms in total. The molecule has 0 aliphatic heterocycles. The smallest absolute Gasteiger partial charge is 0.182 e. The van der Waals surface area contributed by atoms with E-state index in [4.69, 9.17) is 35.4 Å². The van der Waals surface area contributed by atoms with Crippen molar-refractivity contribution in [3.63, 3.8) is 0 Å². The van der Waals surface area contributed by atoms with E-state index < -0.39 is 0 Å². The van der Waals surface area contributed by atoms with Crippen molar-refractivity contribution in [2.75, 3.05) is 0 Å². The molecule has 6 heteroatoms. The van der Waals surface area contributed by atoms with Crippen LogP contribution in [0.3, 0.4) is 0 Å². The Bertz CT molecular complexity index is 838. The van der Waals surface area contributed by atoms with Crippen LogP contribution in [0.1, 0.15) is 0 Å². The number of aromatic amines is 1. The Morgan fingerprint density at radius 1 is 1.05 bits per heavy atom. The lowest BCUT2D eigenvalue weighted by Crippen LogP contribution is -1.93. The second kappa shape index (κ2) is 4.63. The molecule has 0 aliphatic carbocycles. The highest BCUT2D eigenvalue weighted by Gasteiger charge is 2.08. The number of rotatable bonds is 1. The zero-order chi connectivity index (χ0) is 13.6. The average Bonchev–Trinajstić information content (AvgIpc) is 2.68. The van der Waals surface area contributed by atoms with Crippen LogP contribution in [0.2, 0.25) is 10.0 Å². The number of imidazole rings is 1. The maximum absolute atomic E-state index is 13.2. The van der Waals surface area contributed by atoms with Gasteiger partial charge in [-0.2, -0.15) is 0 Å². The summed E-state index contributed by atoms with van der Waals surface area (Å²) in [5.74, 6) is -0.315. The summed E-state index contributed by atoms with van der Waals surface area (Å²) in [6, 6.07) is 9.68. The molecule has 96 valence electrons. The molecule has 0 radical (unpaired) electrons. The zero-order valence-electron chi connectivity index (χ0n) is 9.45. The molecule has 1 aromatic heterocycles. The molecule has 0 spiro atoms. The maximum Gasteiger partial charge on any atom is 0.182 e. The highest BCUT2D eigenvalue weighted by molar-refractivity contribution is 7.71. The van der Waals surface area contributed by atoms with E-state index >= 15 is 0 Å². The van der Waals surface area contributed by atoms with Crippen molar-refractivity contribution in [1.82, 2.24) is 9.55 Å². The van der Waals surface area contributed by atoms with E-state index in [2.05, 4.69) is 4.98 Å². The minimum atomic E-state index is -0.315. The van der Waals surface area contributed by atoms with Gasteiger partial charge in [0.2, 0.25) is 0 Å². The minimum Gasteiger partial charge on any atom is -0.330 e. The van der Waals surface area contributed by atoms with Crippen LogP contribution in [-0.2, 0) is 0 Å². The van der Waals surface area contributed by atoms with Crippen molar-refractivity contribution >= 4 is 46.5 Å². The van der Waals surface area contributed by atoms with Crippen molar-refractivity contribution < 1.29 is 4.39 Å². The Morgan fingerprint density at radius 3 is 2.58 bits per heavy atom. The molecule has 3 rings (SSSR count). The van der Waals surface area contributed by atoms with E-state index in [0.29, 0.717) is 20.3 Å². The van der Waals surface area contributed by atoms with Crippen molar-refractivity contribution in [3.8, 4) is 5.69 Å². The van der Waals surface area contributed by atoms with Gasteiger partial charge in [-0.3, -0.25) is 4.57 Å². The summed E-state index contributed by atoms with van der Waals surface area (Å²) in [4.78, 5) is 2.96. The summed E-state index contributed by atoms with van der Waals surface area (Å²) in [7, 11) is 0. The van der Waals surface area contributed by atoms with Gasteiger partial charge in [-0.05, 0) is 48.6 Å². The van der Waals surface area contributed by atoms with E-state index in [0.717, 1.165) is 11.2 Å². The number of nitrogens with one attached hydrogen (secondary N) is 1. The summed E-state index contributed by atoms with van der Waals surface area (Å²) < 4.78 is 15.5. The van der Waals surface area contributed by atoms with Gasteiger partial charge in [0.25, 0.3) is 0 Å². The molecule has 19 heavy (non-hydrogen) atoms. The third-order valence-corrected chi connectivity index (χ3v) is 3.83. The first-order valence-corrected chi connectivity index (χ1v) is 6.58. The first-order chi connectivity index (χ1) is 9.06. The van der Waals surface area contributed by atoms with Gasteiger partial charge >= 0.3 is 0 Å². The number of H-pyrrole nitrogens is 1. The van der Waals surface area contributed by atoms with Gasteiger partial charge in [-0.15, -0.1) is 0 Å². The van der Waals surface area contributed by atoms with Crippen LogP contribution in [-0.4, -0.2) is 9.55 Å². The topological polar surface area (TPSA) is 20.7 Å². The Labute approximate surface area is 123 Å². The van der Waals surface area contributed by atoms with E-state index in [1.807, 2.05) is 0 Å². The van der Waals surface area contributed by atoms with Gasteiger partial charge in [0.05, 0.1) is 26.8 Å². The lowest BCUT2D eigenvalue weighted by atomic mass is 10.2. The van der Waals surface area contributed by atoms with Crippen molar-refractivity contribution in [2.24, 2.45) is 0 Å². The Balaban J connectivity index is 2.32. The molecule has 0 aliphatic rings. The van der Waals surface area contributed by atoms with Crippen LogP contribution in [0, 0.1) is 10.6 Å². The number of nitrogens with zero attached hydrogens (tertiary/aromatic N) is 1. The van der Waals surface area contributed by atoms with Crippen LogP contribution in [0.5, 0.6) is 0 Å². The van der Waals surface area contributed by atoms with Crippen LogP contribution in [0.4, 0.5) is 4.39 Å². The molecule has 0 saturated carbocycles. The van der Waals surface area contributed by atoms with Crippen molar-refractivity contribution in [1.29, 1.82) is 0 Å². The fourth-order valence-electron chi connectivity index (χ4n) is 1.96. The van der Waals surface area contributed by atoms with E-state index in [9.17, 15) is 4.39 Å². The molecule has 0 saturated heterocycles. The molecule has 0 bridgehead atoms. The van der Waals surface area contributed by atoms with Crippen LogP contribution >= 0.6 is 35.4 Å². The SMILES string of the molecule is Fc1ccc2c(c1)[nH]c(=S)n2-c1ccc(Cl)c(Cl)c1.